The predicted molar refractivity (Wildman–Crippen MR) is 127 cm³/mol. The number of aromatic nitrogens is 1. The fourth-order valence-electron chi connectivity index (χ4n) is 4.29. The van der Waals surface area contributed by atoms with E-state index in [9.17, 15) is 0 Å². The second kappa shape index (κ2) is 12.1. The second-order valence-corrected chi connectivity index (χ2v) is 8.25. The Hall–Kier alpha value is -0.870. The van der Waals surface area contributed by atoms with Crippen molar-refractivity contribution in [2.24, 2.45) is 10.4 Å². The van der Waals surface area contributed by atoms with E-state index in [2.05, 4.69) is 27.4 Å². The molecule has 7 nitrogen and oxygen atoms in total. The molecule has 1 saturated carbocycles. The number of oxazole rings is 1. The maximum Gasteiger partial charge on any atom is 0.216 e. The SMILES string of the molecule is CCNC(=NCc1nc(C)c(C)o1)NCC1(CN2CCOCC2)CCCCC1.I. The standard InChI is InChI=1S/C21H37N5O2.HI/c1-4-22-20(23-14-19-25-17(2)18(3)28-19)24-15-21(8-6-5-7-9-21)16-26-10-12-27-13-11-26;/h4-16H2,1-3H3,(H2,22,23,24);1H. The molecule has 1 aliphatic carbocycles. The van der Waals surface area contributed by atoms with Crippen molar-refractivity contribution in [1.82, 2.24) is 20.5 Å². The first-order valence-electron chi connectivity index (χ1n) is 10.9. The summed E-state index contributed by atoms with van der Waals surface area (Å²) in [6.07, 6.45) is 6.59. The number of aliphatic imine (C=N–C) groups is 1. The van der Waals surface area contributed by atoms with Gasteiger partial charge in [-0.25, -0.2) is 9.98 Å². The molecular formula is C21H38IN5O2. The Bertz CT molecular complexity index is 618. The van der Waals surface area contributed by atoms with E-state index >= 15 is 0 Å². The summed E-state index contributed by atoms with van der Waals surface area (Å²) in [5.41, 5.74) is 1.26. The maximum atomic E-state index is 5.67. The number of halogens is 1. The van der Waals surface area contributed by atoms with Crippen LogP contribution in [0.3, 0.4) is 0 Å². The number of aryl methyl sites for hydroxylation is 2. The Morgan fingerprint density at radius 2 is 1.86 bits per heavy atom. The smallest absolute Gasteiger partial charge is 0.216 e. The molecule has 2 fully saturated rings. The summed E-state index contributed by atoms with van der Waals surface area (Å²) in [5, 5.41) is 6.99. The van der Waals surface area contributed by atoms with Crippen molar-refractivity contribution in [3.63, 3.8) is 0 Å². The van der Waals surface area contributed by atoms with Gasteiger partial charge in [-0.05, 0) is 33.6 Å². The second-order valence-electron chi connectivity index (χ2n) is 8.25. The lowest BCUT2D eigenvalue weighted by molar-refractivity contribution is 0.00820. The molecule has 0 bridgehead atoms. The van der Waals surface area contributed by atoms with Gasteiger partial charge in [-0.3, -0.25) is 4.90 Å². The fraction of sp³-hybridized carbons (Fsp3) is 0.810. The largest absolute Gasteiger partial charge is 0.444 e. The summed E-state index contributed by atoms with van der Waals surface area (Å²) in [5.74, 6) is 2.39. The molecule has 1 aliphatic heterocycles. The summed E-state index contributed by atoms with van der Waals surface area (Å²) in [6, 6.07) is 0. The van der Waals surface area contributed by atoms with E-state index in [1.807, 2.05) is 13.8 Å². The van der Waals surface area contributed by atoms with Gasteiger partial charge in [-0.2, -0.15) is 0 Å². The van der Waals surface area contributed by atoms with Crippen LogP contribution in [0.15, 0.2) is 9.41 Å². The molecule has 3 rings (SSSR count). The molecule has 8 heteroatoms. The number of guanidine groups is 1. The minimum absolute atomic E-state index is 0. The molecule has 1 aromatic heterocycles. The van der Waals surface area contributed by atoms with Crippen LogP contribution >= 0.6 is 24.0 Å². The van der Waals surface area contributed by atoms with E-state index in [4.69, 9.17) is 14.1 Å². The first-order chi connectivity index (χ1) is 13.6. The third-order valence-corrected chi connectivity index (χ3v) is 6.00. The molecule has 166 valence electrons. The highest BCUT2D eigenvalue weighted by molar-refractivity contribution is 14.0. The van der Waals surface area contributed by atoms with Crippen LogP contribution in [0.2, 0.25) is 0 Å². The van der Waals surface area contributed by atoms with Crippen molar-refractivity contribution in [3.05, 3.63) is 17.3 Å². The lowest BCUT2D eigenvalue weighted by Crippen LogP contribution is -2.51. The van der Waals surface area contributed by atoms with Crippen molar-refractivity contribution in [2.45, 2.75) is 59.4 Å². The Balaban J connectivity index is 0.00000300. The van der Waals surface area contributed by atoms with Gasteiger partial charge in [0.15, 0.2) is 5.96 Å². The number of nitrogens with one attached hydrogen (secondary N) is 2. The van der Waals surface area contributed by atoms with E-state index in [1.54, 1.807) is 0 Å². The number of morpholine rings is 1. The first-order valence-corrected chi connectivity index (χ1v) is 10.9. The van der Waals surface area contributed by atoms with Gasteiger partial charge in [0.1, 0.15) is 12.3 Å². The molecular weight excluding hydrogens is 481 g/mol. The highest BCUT2D eigenvalue weighted by atomic mass is 127. The number of rotatable bonds is 7. The molecule has 2 heterocycles. The van der Waals surface area contributed by atoms with Gasteiger partial charge in [0.25, 0.3) is 0 Å². The van der Waals surface area contributed by atoms with E-state index < -0.39 is 0 Å². The molecule has 0 amide bonds. The third-order valence-electron chi connectivity index (χ3n) is 6.00. The average Bonchev–Trinajstić information content (AvgIpc) is 3.03. The van der Waals surface area contributed by atoms with E-state index in [0.29, 0.717) is 17.9 Å². The number of nitrogens with zero attached hydrogens (tertiary/aromatic N) is 3. The van der Waals surface area contributed by atoms with Crippen molar-refractivity contribution in [3.8, 4) is 0 Å². The Labute approximate surface area is 192 Å². The zero-order valence-corrected chi connectivity index (χ0v) is 20.6. The van der Waals surface area contributed by atoms with Gasteiger partial charge in [0.05, 0.1) is 18.9 Å². The van der Waals surface area contributed by atoms with Crippen LogP contribution in [0.1, 0.15) is 56.4 Å². The molecule has 29 heavy (non-hydrogen) atoms. The third kappa shape index (κ3) is 7.40. The summed E-state index contributed by atoms with van der Waals surface area (Å²) in [6.45, 7) is 13.3. The molecule has 0 radical (unpaired) electrons. The van der Waals surface area contributed by atoms with Gasteiger partial charge in [0, 0.05) is 38.1 Å². The molecule has 1 aromatic rings. The number of hydrogen-bond acceptors (Lipinski definition) is 5. The minimum Gasteiger partial charge on any atom is -0.444 e. The van der Waals surface area contributed by atoms with Gasteiger partial charge in [-0.15, -0.1) is 24.0 Å². The lowest BCUT2D eigenvalue weighted by Gasteiger charge is -2.42. The van der Waals surface area contributed by atoms with Crippen LogP contribution in [-0.2, 0) is 11.3 Å². The predicted octanol–water partition coefficient (Wildman–Crippen LogP) is 3.25. The van der Waals surface area contributed by atoms with Crippen LogP contribution in [0.4, 0.5) is 0 Å². The van der Waals surface area contributed by atoms with Crippen LogP contribution in [0.25, 0.3) is 0 Å². The van der Waals surface area contributed by atoms with Gasteiger partial charge in [-0.1, -0.05) is 19.3 Å². The van der Waals surface area contributed by atoms with Crippen LogP contribution in [0.5, 0.6) is 0 Å². The van der Waals surface area contributed by atoms with Crippen LogP contribution in [-0.4, -0.2) is 61.8 Å². The van der Waals surface area contributed by atoms with Gasteiger partial charge < -0.3 is 19.8 Å². The average molecular weight is 519 g/mol. The maximum absolute atomic E-state index is 5.67. The summed E-state index contributed by atoms with van der Waals surface area (Å²) >= 11 is 0. The molecule has 0 aromatic carbocycles. The summed E-state index contributed by atoms with van der Waals surface area (Å²) in [4.78, 5) is 11.7. The molecule has 1 saturated heterocycles. The molecule has 0 spiro atoms. The first kappa shape index (κ1) is 24.4. The zero-order valence-electron chi connectivity index (χ0n) is 18.3. The molecule has 2 N–H and O–H groups in total. The Morgan fingerprint density at radius 1 is 1.14 bits per heavy atom. The molecule has 0 atom stereocenters. The van der Waals surface area contributed by atoms with Gasteiger partial charge in [0.2, 0.25) is 5.89 Å². The van der Waals surface area contributed by atoms with E-state index in [1.165, 1.54) is 32.1 Å². The van der Waals surface area contributed by atoms with Crippen molar-refractivity contribution in [2.75, 3.05) is 45.9 Å². The van der Waals surface area contributed by atoms with Crippen molar-refractivity contribution < 1.29 is 9.15 Å². The highest BCUT2D eigenvalue weighted by Crippen LogP contribution is 2.36. The van der Waals surface area contributed by atoms with Crippen LogP contribution < -0.4 is 10.6 Å². The Kier molecular flexibility index (Phi) is 10.2. The minimum atomic E-state index is 0. The fourth-order valence-corrected chi connectivity index (χ4v) is 4.29. The summed E-state index contributed by atoms with van der Waals surface area (Å²) < 4.78 is 11.2. The summed E-state index contributed by atoms with van der Waals surface area (Å²) in [7, 11) is 0. The zero-order chi connectivity index (χ0) is 19.8. The highest BCUT2D eigenvalue weighted by Gasteiger charge is 2.34. The van der Waals surface area contributed by atoms with E-state index in [0.717, 1.165) is 63.4 Å². The van der Waals surface area contributed by atoms with Crippen LogP contribution in [0, 0.1) is 19.3 Å². The Morgan fingerprint density at radius 3 is 2.48 bits per heavy atom. The monoisotopic (exact) mass is 519 g/mol. The quantitative estimate of drug-likeness (QED) is 0.328. The normalized spacial score (nSPS) is 20.2. The van der Waals surface area contributed by atoms with E-state index in [-0.39, 0.29) is 24.0 Å². The van der Waals surface area contributed by atoms with Crippen molar-refractivity contribution in [1.29, 1.82) is 0 Å². The molecule has 0 unspecified atom stereocenters. The number of ether oxygens (including phenoxy) is 1. The number of hydrogen-bond donors (Lipinski definition) is 2. The lowest BCUT2D eigenvalue weighted by atomic mass is 9.73. The molecule has 2 aliphatic rings. The van der Waals surface area contributed by atoms with Crippen molar-refractivity contribution >= 4 is 29.9 Å². The van der Waals surface area contributed by atoms with Gasteiger partial charge >= 0.3 is 0 Å². The topological polar surface area (TPSA) is 74.9 Å².